The van der Waals surface area contributed by atoms with Crippen molar-refractivity contribution in [3.05, 3.63) is 36.0 Å². The molecule has 15 heavy (non-hydrogen) atoms. The number of ether oxygens (including phenoxy) is 1. The molecule has 80 valence electrons. The van der Waals surface area contributed by atoms with Crippen LogP contribution >= 0.6 is 0 Å². The third-order valence-corrected chi connectivity index (χ3v) is 2.01. The van der Waals surface area contributed by atoms with E-state index in [9.17, 15) is 9.59 Å². The predicted octanol–water partition coefficient (Wildman–Crippen LogP) is 1.81. The highest BCUT2D eigenvalue weighted by molar-refractivity contribution is 6.16. The van der Waals surface area contributed by atoms with E-state index < -0.39 is 5.97 Å². The van der Waals surface area contributed by atoms with Crippen molar-refractivity contribution in [2.45, 2.75) is 13.8 Å². The number of carbonyl (C=O) groups is 2. The average molecular weight is 206 g/mol. The number of hydrogen-bond acceptors (Lipinski definition) is 3. The summed E-state index contributed by atoms with van der Waals surface area (Å²) in [7, 11) is 0. The molecular weight excluding hydrogens is 192 g/mol. The fourth-order valence-corrected chi connectivity index (χ4v) is 1.29. The number of Topliss-reactive ketones (excluding diaryl/α,β-unsaturated/α-hetero) is 1. The molecule has 0 fully saturated rings. The quantitative estimate of drug-likeness (QED) is 0.305. The molecule has 3 nitrogen and oxygen atoms in total. The van der Waals surface area contributed by atoms with Crippen LogP contribution in [0.5, 0.6) is 0 Å². The second-order valence-corrected chi connectivity index (χ2v) is 3.20. The molecule has 0 bridgehead atoms. The van der Waals surface area contributed by atoms with Crippen molar-refractivity contribution in [2.24, 2.45) is 5.92 Å². The molecule has 0 saturated carbocycles. The summed E-state index contributed by atoms with van der Waals surface area (Å²) in [5.74, 6) is -0.783. The van der Waals surface area contributed by atoms with Crippen molar-refractivity contribution in [3.8, 4) is 0 Å². The van der Waals surface area contributed by atoms with Crippen LogP contribution in [0.1, 0.15) is 13.8 Å². The zero-order valence-electron chi connectivity index (χ0n) is 8.90. The lowest BCUT2D eigenvalue weighted by Gasteiger charge is -2.05. The molecular formula is C12H14O3. The van der Waals surface area contributed by atoms with Gasteiger partial charge in [0.1, 0.15) is 0 Å². The van der Waals surface area contributed by atoms with Crippen LogP contribution < -0.4 is 0 Å². The van der Waals surface area contributed by atoms with Crippen molar-refractivity contribution < 1.29 is 14.3 Å². The van der Waals surface area contributed by atoms with Gasteiger partial charge in [0.15, 0.2) is 5.78 Å². The van der Waals surface area contributed by atoms with E-state index in [-0.39, 0.29) is 23.9 Å². The second-order valence-electron chi connectivity index (χ2n) is 3.20. The Hall–Kier alpha value is -1.64. The van der Waals surface area contributed by atoms with Gasteiger partial charge in [0.2, 0.25) is 0 Å². The lowest BCUT2D eigenvalue weighted by Crippen LogP contribution is -2.14. The van der Waals surface area contributed by atoms with E-state index in [0.717, 1.165) is 0 Å². The number of esters is 1. The fourth-order valence-electron chi connectivity index (χ4n) is 1.29. The molecule has 0 unspecified atom stereocenters. The molecule has 0 aliphatic heterocycles. The summed E-state index contributed by atoms with van der Waals surface area (Å²) >= 11 is 0. The summed E-state index contributed by atoms with van der Waals surface area (Å²) in [5.41, 5.74) is 0.123. The number of carbonyl (C=O) groups excluding carboxylic acids is 2. The summed E-state index contributed by atoms with van der Waals surface area (Å²) in [6, 6.07) is 0. The summed E-state index contributed by atoms with van der Waals surface area (Å²) in [6.45, 7) is 3.36. The first-order chi connectivity index (χ1) is 7.15. The molecule has 3 heteroatoms. The molecule has 0 aromatic heterocycles. The smallest absolute Gasteiger partial charge is 0.341 e. The number of allylic oxidation sites excluding steroid dienone is 5. The maximum absolute atomic E-state index is 11.4. The van der Waals surface area contributed by atoms with Crippen LogP contribution in [0, 0.1) is 5.92 Å². The molecule has 0 N–H and O–H groups in total. The second kappa shape index (κ2) is 5.29. The van der Waals surface area contributed by atoms with E-state index in [0.29, 0.717) is 0 Å². The zero-order valence-corrected chi connectivity index (χ0v) is 8.90. The van der Waals surface area contributed by atoms with Gasteiger partial charge in [-0.3, -0.25) is 4.79 Å². The van der Waals surface area contributed by atoms with Gasteiger partial charge >= 0.3 is 5.97 Å². The largest absolute Gasteiger partial charge is 0.462 e. The van der Waals surface area contributed by atoms with Crippen molar-refractivity contribution in [1.82, 2.24) is 0 Å². The molecule has 0 aromatic carbocycles. The van der Waals surface area contributed by atoms with Gasteiger partial charge in [-0.05, 0) is 13.8 Å². The van der Waals surface area contributed by atoms with E-state index in [2.05, 4.69) is 0 Å². The summed E-state index contributed by atoms with van der Waals surface area (Å²) in [6.07, 6.45) is 9.19. The Balaban J connectivity index is 2.81. The maximum atomic E-state index is 11.4. The molecule has 1 aliphatic carbocycles. The van der Waals surface area contributed by atoms with Gasteiger partial charge < -0.3 is 4.74 Å². The Morgan fingerprint density at radius 3 is 2.40 bits per heavy atom. The number of rotatable bonds is 4. The summed E-state index contributed by atoms with van der Waals surface area (Å²) in [4.78, 5) is 22.6. The molecule has 0 saturated heterocycles. The minimum absolute atomic E-state index is 0.0216. The molecule has 0 radical (unpaired) electrons. The van der Waals surface area contributed by atoms with E-state index in [1.165, 1.54) is 6.92 Å². The van der Waals surface area contributed by atoms with Gasteiger partial charge in [-0.25, -0.2) is 4.79 Å². The van der Waals surface area contributed by atoms with Crippen molar-refractivity contribution in [3.63, 3.8) is 0 Å². The maximum Gasteiger partial charge on any atom is 0.341 e. The van der Waals surface area contributed by atoms with E-state index in [1.807, 2.05) is 24.3 Å². The minimum Gasteiger partial charge on any atom is -0.462 e. The third-order valence-electron chi connectivity index (χ3n) is 2.01. The SMILES string of the molecule is CCOC(=O)C(=CC1C=CC=C1)C(C)=O. The molecule has 1 rings (SSSR count). The zero-order chi connectivity index (χ0) is 11.3. The summed E-state index contributed by atoms with van der Waals surface area (Å²) < 4.78 is 4.80. The van der Waals surface area contributed by atoms with E-state index in [4.69, 9.17) is 4.74 Å². The first-order valence-electron chi connectivity index (χ1n) is 4.90. The minimum atomic E-state index is -0.543. The number of ketones is 1. The first kappa shape index (κ1) is 11.4. The predicted molar refractivity (Wildman–Crippen MR) is 57.2 cm³/mol. The Kier molecular flexibility index (Phi) is 4.03. The third kappa shape index (κ3) is 3.20. The highest BCUT2D eigenvalue weighted by Crippen LogP contribution is 2.14. The molecule has 0 spiro atoms. The van der Waals surface area contributed by atoms with Crippen LogP contribution in [0.25, 0.3) is 0 Å². The van der Waals surface area contributed by atoms with Gasteiger partial charge in [-0.1, -0.05) is 30.4 Å². The highest BCUT2D eigenvalue weighted by atomic mass is 16.5. The van der Waals surface area contributed by atoms with Crippen LogP contribution in [0.2, 0.25) is 0 Å². The van der Waals surface area contributed by atoms with Gasteiger partial charge in [0.25, 0.3) is 0 Å². The normalized spacial score (nSPS) is 15.7. The van der Waals surface area contributed by atoms with E-state index in [1.54, 1.807) is 13.0 Å². The van der Waals surface area contributed by atoms with Crippen LogP contribution in [0.4, 0.5) is 0 Å². The van der Waals surface area contributed by atoms with Crippen LogP contribution in [0.3, 0.4) is 0 Å². The fraction of sp³-hybridized carbons (Fsp3) is 0.333. The molecule has 0 amide bonds. The molecule has 0 aromatic rings. The van der Waals surface area contributed by atoms with E-state index >= 15 is 0 Å². The van der Waals surface area contributed by atoms with Crippen molar-refractivity contribution in [2.75, 3.05) is 6.61 Å². The molecule has 1 aliphatic rings. The lowest BCUT2D eigenvalue weighted by atomic mass is 10.0. The first-order valence-corrected chi connectivity index (χ1v) is 4.90. The van der Waals surface area contributed by atoms with Crippen LogP contribution in [-0.2, 0) is 14.3 Å². The van der Waals surface area contributed by atoms with Gasteiger partial charge in [0, 0.05) is 5.92 Å². The van der Waals surface area contributed by atoms with Crippen molar-refractivity contribution in [1.29, 1.82) is 0 Å². The molecule has 0 heterocycles. The summed E-state index contributed by atoms with van der Waals surface area (Å²) in [5, 5.41) is 0. The van der Waals surface area contributed by atoms with Crippen LogP contribution in [0.15, 0.2) is 36.0 Å². The van der Waals surface area contributed by atoms with Gasteiger partial charge in [0.05, 0.1) is 12.2 Å². The van der Waals surface area contributed by atoms with Crippen LogP contribution in [-0.4, -0.2) is 18.4 Å². The Morgan fingerprint density at radius 2 is 1.93 bits per heavy atom. The lowest BCUT2D eigenvalue weighted by molar-refractivity contribution is -0.139. The van der Waals surface area contributed by atoms with Crippen molar-refractivity contribution >= 4 is 11.8 Å². The number of hydrogen-bond donors (Lipinski definition) is 0. The average Bonchev–Trinajstić information content (AvgIpc) is 2.66. The Bertz CT molecular complexity index is 336. The van der Waals surface area contributed by atoms with Gasteiger partial charge in [-0.15, -0.1) is 0 Å². The Morgan fingerprint density at radius 1 is 1.33 bits per heavy atom. The monoisotopic (exact) mass is 206 g/mol. The topological polar surface area (TPSA) is 43.4 Å². The Labute approximate surface area is 89.1 Å². The van der Waals surface area contributed by atoms with Gasteiger partial charge in [-0.2, -0.15) is 0 Å². The highest BCUT2D eigenvalue weighted by Gasteiger charge is 2.16. The molecule has 0 atom stereocenters. The standard InChI is InChI=1S/C12H14O3/c1-3-15-12(14)11(9(2)13)8-10-6-4-5-7-10/h4-8,10H,3H2,1-2H3.